The average molecular weight is 281 g/mol. The molecule has 0 saturated carbocycles. The predicted molar refractivity (Wildman–Crippen MR) is 86.7 cm³/mol. The Balaban J connectivity index is 1.74. The first kappa shape index (κ1) is 14.2. The van der Waals surface area contributed by atoms with Crippen molar-refractivity contribution in [3.05, 3.63) is 64.7 Å². The minimum atomic E-state index is 0.502. The Hall–Kier alpha value is -1.80. The first-order valence-corrected chi connectivity index (χ1v) is 7.78. The molecule has 2 N–H and O–H groups in total. The first-order valence-electron chi connectivity index (χ1n) is 7.78. The second kappa shape index (κ2) is 6.31. The van der Waals surface area contributed by atoms with Crippen LogP contribution in [0.1, 0.15) is 41.0 Å². The van der Waals surface area contributed by atoms with Gasteiger partial charge < -0.3 is 10.5 Å². The minimum Gasteiger partial charge on any atom is -0.493 e. The predicted octanol–water partition coefficient (Wildman–Crippen LogP) is 3.95. The summed E-state index contributed by atoms with van der Waals surface area (Å²) in [6.45, 7) is 3.35. The Labute approximate surface area is 126 Å². The zero-order valence-corrected chi connectivity index (χ0v) is 12.6. The summed E-state index contributed by atoms with van der Waals surface area (Å²) in [4.78, 5) is 0. The third kappa shape index (κ3) is 3.11. The maximum atomic E-state index is 6.10. The smallest absolute Gasteiger partial charge is 0.123 e. The molecule has 2 nitrogen and oxygen atoms in total. The molecule has 2 aromatic rings. The molecule has 0 aromatic heterocycles. The van der Waals surface area contributed by atoms with E-state index in [-0.39, 0.29) is 0 Å². The van der Waals surface area contributed by atoms with Crippen molar-refractivity contribution in [1.29, 1.82) is 0 Å². The van der Waals surface area contributed by atoms with Crippen LogP contribution in [0.2, 0.25) is 0 Å². The van der Waals surface area contributed by atoms with Crippen molar-refractivity contribution >= 4 is 0 Å². The van der Waals surface area contributed by atoms with Gasteiger partial charge in [0.05, 0.1) is 6.61 Å². The van der Waals surface area contributed by atoms with E-state index in [2.05, 4.69) is 43.3 Å². The maximum absolute atomic E-state index is 6.10. The fraction of sp³-hybridized carbons (Fsp3) is 0.368. The molecule has 0 amide bonds. The topological polar surface area (TPSA) is 35.2 Å². The Morgan fingerprint density at radius 3 is 2.90 bits per heavy atom. The highest BCUT2D eigenvalue weighted by Gasteiger charge is 2.20. The molecule has 0 radical (unpaired) electrons. The van der Waals surface area contributed by atoms with E-state index in [0.717, 1.165) is 17.9 Å². The highest BCUT2D eigenvalue weighted by atomic mass is 16.5. The van der Waals surface area contributed by atoms with Gasteiger partial charge in [0.2, 0.25) is 0 Å². The SMILES string of the molecule is Cc1ccc(OCC2CCCc3ccccc32)c(CN)c1. The molecule has 0 bridgehead atoms. The quantitative estimate of drug-likeness (QED) is 0.921. The van der Waals surface area contributed by atoms with Gasteiger partial charge in [0.15, 0.2) is 0 Å². The minimum absolute atomic E-state index is 0.502. The second-order valence-corrected chi connectivity index (χ2v) is 5.91. The summed E-state index contributed by atoms with van der Waals surface area (Å²) in [7, 11) is 0. The van der Waals surface area contributed by atoms with E-state index in [1.54, 1.807) is 0 Å². The monoisotopic (exact) mass is 281 g/mol. The van der Waals surface area contributed by atoms with E-state index < -0.39 is 0 Å². The number of nitrogens with two attached hydrogens (primary N) is 1. The van der Waals surface area contributed by atoms with Gasteiger partial charge in [0.25, 0.3) is 0 Å². The molecule has 0 heterocycles. The molecule has 110 valence electrons. The van der Waals surface area contributed by atoms with Crippen LogP contribution in [0, 0.1) is 6.92 Å². The van der Waals surface area contributed by atoms with Crippen molar-refractivity contribution in [1.82, 2.24) is 0 Å². The average Bonchev–Trinajstić information content (AvgIpc) is 2.53. The van der Waals surface area contributed by atoms with Gasteiger partial charge in [0, 0.05) is 18.0 Å². The molecule has 21 heavy (non-hydrogen) atoms. The summed E-state index contributed by atoms with van der Waals surface area (Å²) < 4.78 is 6.10. The van der Waals surface area contributed by atoms with Gasteiger partial charge in [-0.2, -0.15) is 0 Å². The maximum Gasteiger partial charge on any atom is 0.123 e. The number of benzene rings is 2. The number of rotatable bonds is 4. The second-order valence-electron chi connectivity index (χ2n) is 5.91. The molecule has 0 saturated heterocycles. The van der Waals surface area contributed by atoms with E-state index in [1.807, 2.05) is 6.07 Å². The molecule has 2 heteroatoms. The lowest BCUT2D eigenvalue weighted by molar-refractivity contribution is 0.272. The summed E-state index contributed by atoms with van der Waals surface area (Å²) in [5.41, 5.74) is 11.1. The van der Waals surface area contributed by atoms with Crippen LogP contribution in [0.5, 0.6) is 5.75 Å². The zero-order valence-electron chi connectivity index (χ0n) is 12.6. The van der Waals surface area contributed by atoms with E-state index in [1.165, 1.54) is 36.0 Å². The Morgan fingerprint density at radius 2 is 2.05 bits per heavy atom. The van der Waals surface area contributed by atoms with Crippen molar-refractivity contribution in [2.75, 3.05) is 6.61 Å². The van der Waals surface area contributed by atoms with Crippen LogP contribution in [0.4, 0.5) is 0 Å². The van der Waals surface area contributed by atoms with Crippen LogP contribution < -0.4 is 10.5 Å². The van der Waals surface area contributed by atoms with E-state index in [9.17, 15) is 0 Å². The Bertz CT molecular complexity index is 621. The van der Waals surface area contributed by atoms with Crippen LogP contribution in [-0.4, -0.2) is 6.61 Å². The molecule has 0 aliphatic heterocycles. The molecule has 1 unspecified atom stereocenters. The Morgan fingerprint density at radius 1 is 1.19 bits per heavy atom. The van der Waals surface area contributed by atoms with Gasteiger partial charge in [-0.1, -0.05) is 42.0 Å². The van der Waals surface area contributed by atoms with Crippen LogP contribution in [0.3, 0.4) is 0 Å². The van der Waals surface area contributed by atoms with Crippen LogP contribution in [0.15, 0.2) is 42.5 Å². The lowest BCUT2D eigenvalue weighted by Crippen LogP contribution is -2.17. The molecule has 1 atom stereocenters. The molecule has 3 rings (SSSR count). The number of fused-ring (bicyclic) bond motifs is 1. The van der Waals surface area contributed by atoms with Crippen molar-refractivity contribution < 1.29 is 4.74 Å². The van der Waals surface area contributed by atoms with Gasteiger partial charge >= 0.3 is 0 Å². The van der Waals surface area contributed by atoms with Crippen LogP contribution in [-0.2, 0) is 13.0 Å². The van der Waals surface area contributed by atoms with Crippen molar-refractivity contribution in [2.45, 2.75) is 38.6 Å². The van der Waals surface area contributed by atoms with Crippen molar-refractivity contribution in [2.24, 2.45) is 5.73 Å². The van der Waals surface area contributed by atoms with Gasteiger partial charge in [-0.15, -0.1) is 0 Å². The number of hydrogen-bond acceptors (Lipinski definition) is 2. The molecule has 0 fully saturated rings. The first-order chi connectivity index (χ1) is 10.3. The van der Waals surface area contributed by atoms with Gasteiger partial charge in [-0.3, -0.25) is 0 Å². The highest BCUT2D eigenvalue weighted by molar-refractivity contribution is 5.37. The molecule has 1 aliphatic rings. The van der Waals surface area contributed by atoms with E-state index in [4.69, 9.17) is 10.5 Å². The normalized spacial score (nSPS) is 17.3. The van der Waals surface area contributed by atoms with Gasteiger partial charge in [-0.25, -0.2) is 0 Å². The number of ether oxygens (including phenoxy) is 1. The van der Waals surface area contributed by atoms with E-state index in [0.29, 0.717) is 12.5 Å². The van der Waals surface area contributed by atoms with Crippen molar-refractivity contribution in [3.8, 4) is 5.75 Å². The Kier molecular flexibility index (Phi) is 4.26. The molecular formula is C19H23NO. The third-order valence-corrected chi connectivity index (χ3v) is 4.37. The number of aryl methyl sites for hydroxylation is 2. The van der Waals surface area contributed by atoms with E-state index >= 15 is 0 Å². The zero-order chi connectivity index (χ0) is 14.7. The van der Waals surface area contributed by atoms with Crippen LogP contribution in [0.25, 0.3) is 0 Å². The summed E-state index contributed by atoms with van der Waals surface area (Å²) in [6.07, 6.45) is 3.66. The lowest BCUT2D eigenvalue weighted by Gasteiger charge is -2.26. The number of hydrogen-bond donors (Lipinski definition) is 1. The summed E-state index contributed by atoms with van der Waals surface area (Å²) in [5, 5.41) is 0. The molecule has 0 spiro atoms. The summed E-state index contributed by atoms with van der Waals surface area (Å²) >= 11 is 0. The molecule has 2 aromatic carbocycles. The fourth-order valence-corrected chi connectivity index (χ4v) is 3.23. The fourth-order valence-electron chi connectivity index (χ4n) is 3.23. The highest BCUT2D eigenvalue weighted by Crippen LogP contribution is 2.32. The third-order valence-electron chi connectivity index (χ3n) is 4.37. The molecule has 1 aliphatic carbocycles. The van der Waals surface area contributed by atoms with Gasteiger partial charge in [-0.05, 0) is 43.4 Å². The van der Waals surface area contributed by atoms with Crippen LogP contribution >= 0.6 is 0 Å². The van der Waals surface area contributed by atoms with Crippen molar-refractivity contribution in [3.63, 3.8) is 0 Å². The summed E-state index contributed by atoms with van der Waals surface area (Å²) in [5.74, 6) is 1.44. The largest absolute Gasteiger partial charge is 0.493 e. The summed E-state index contributed by atoms with van der Waals surface area (Å²) in [6, 6.07) is 15.0. The standard InChI is InChI=1S/C19H23NO/c1-14-9-10-19(17(11-14)12-20)21-13-16-7-4-6-15-5-2-3-8-18(15)16/h2-3,5,8-11,16H,4,6-7,12-13,20H2,1H3. The van der Waals surface area contributed by atoms with Gasteiger partial charge in [0.1, 0.15) is 5.75 Å². The lowest BCUT2D eigenvalue weighted by atomic mass is 9.83. The molecular weight excluding hydrogens is 258 g/mol.